The first-order valence-corrected chi connectivity index (χ1v) is 14.2. The summed E-state index contributed by atoms with van der Waals surface area (Å²) in [7, 11) is -2.77. The van der Waals surface area contributed by atoms with Gasteiger partial charge in [0, 0.05) is 4.91 Å². The number of ketones is 1. The van der Waals surface area contributed by atoms with E-state index in [2.05, 4.69) is 30.1 Å². The number of nitrogens with zero attached hydrogens (tertiary/aromatic N) is 7. The maximum absolute atomic E-state index is 13.9. The normalized spacial score (nSPS) is 25.3. The molecule has 41 heavy (non-hydrogen) atoms. The van der Waals surface area contributed by atoms with Crippen molar-refractivity contribution in [3.8, 4) is 5.88 Å². The summed E-state index contributed by atoms with van der Waals surface area (Å²) >= 11 is 0. The second kappa shape index (κ2) is 12.1. The van der Waals surface area contributed by atoms with Crippen molar-refractivity contribution >= 4 is 30.6 Å². The zero-order valence-electron chi connectivity index (χ0n) is 23.1. The number of hydrogen-bond acceptors (Lipinski definition) is 12. The fourth-order valence-corrected chi connectivity index (χ4v) is 6.13. The second-order valence-electron chi connectivity index (χ2n) is 9.72. The Labute approximate surface area is 235 Å². The zero-order valence-corrected chi connectivity index (χ0v) is 24.0. The summed E-state index contributed by atoms with van der Waals surface area (Å²) in [6.45, 7) is 5.57. The van der Waals surface area contributed by atoms with Crippen LogP contribution in [0.25, 0.3) is 21.6 Å². The van der Waals surface area contributed by atoms with Gasteiger partial charge in [0.2, 0.25) is 11.8 Å². The van der Waals surface area contributed by atoms with Crippen LogP contribution in [-0.4, -0.2) is 67.9 Å². The molecule has 2 aromatic heterocycles. The number of rotatable bonds is 12. The Hall–Kier alpha value is -3.62. The Morgan fingerprint density at radius 3 is 2.71 bits per heavy atom. The van der Waals surface area contributed by atoms with Crippen LogP contribution >= 0.6 is 7.75 Å². The van der Waals surface area contributed by atoms with Crippen molar-refractivity contribution in [3.05, 3.63) is 52.7 Å². The number of benzene rings is 1. The van der Waals surface area contributed by atoms with Crippen LogP contribution < -0.4 is 15.6 Å². The van der Waals surface area contributed by atoms with Gasteiger partial charge in [0.25, 0.3) is 0 Å². The monoisotopic (exact) mass is 589 g/mol. The predicted octanol–water partition coefficient (Wildman–Crippen LogP) is 3.21. The quantitative estimate of drug-likeness (QED) is 0.120. The van der Waals surface area contributed by atoms with E-state index in [-0.39, 0.29) is 28.8 Å². The third kappa shape index (κ3) is 6.19. The molecule has 1 aromatic carbocycles. The fraction of sp³-hybridized carbons (Fsp3) is 0.500. The number of hydrogen-bond donors (Lipinski definition) is 3. The molecule has 3 aromatic rings. The lowest BCUT2D eigenvalue weighted by Gasteiger charge is -2.28. The van der Waals surface area contributed by atoms with Gasteiger partial charge < -0.3 is 20.3 Å². The minimum Gasteiger partial charge on any atom is -0.479 e. The average molecular weight is 590 g/mol. The molecule has 0 radical (unpaired) electrons. The molecule has 7 atom stereocenters. The number of Topliss-reactive ketones (excluding diaryl/α,β-unsaturated/α-hetero) is 1. The lowest BCUT2D eigenvalue weighted by molar-refractivity contribution is -0.118. The number of aliphatic hydroxyl groups is 1. The molecule has 0 bridgehead atoms. The number of imidazole rings is 1. The van der Waals surface area contributed by atoms with E-state index >= 15 is 0 Å². The summed E-state index contributed by atoms with van der Waals surface area (Å²) in [5, 5.41) is 17.7. The minimum absolute atomic E-state index is 0.101. The van der Waals surface area contributed by atoms with Crippen LogP contribution in [-0.2, 0) is 23.1 Å². The lowest BCUT2D eigenvalue weighted by atomic mass is 9.93. The van der Waals surface area contributed by atoms with Gasteiger partial charge in [0.15, 0.2) is 17.4 Å². The van der Waals surface area contributed by atoms with Crippen LogP contribution in [0.4, 0.5) is 5.95 Å². The zero-order chi connectivity index (χ0) is 29.9. The first-order valence-electron chi connectivity index (χ1n) is 12.6. The predicted molar refractivity (Wildman–Crippen MR) is 147 cm³/mol. The molecule has 4 rings (SSSR count). The Balaban J connectivity index is 1.63. The highest BCUT2D eigenvalue weighted by Crippen LogP contribution is 2.50. The van der Waals surface area contributed by atoms with E-state index in [1.165, 1.54) is 38.8 Å². The van der Waals surface area contributed by atoms with Crippen LogP contribution in [0.1, 0.15) is 45.6 Å². The van der Waals surface area contributed by atoms with Crippen molar-refractivity contribution in [3.63, 3.8) is 0 Å². The highest BCUT2D eigenvalue weighted by Gasteiger charge is 2.55. The smallest absolute Gasteiger partial charge is 0.406 e. The van der Waals surface area contributed by atoms with E-state index < -0.39 is 50.5 Å². The van der Waals surface area contributed by atoms with Crippen molar-refractivity contribution in [1.29, 1.82) is 0 Å². The molecule has 1 fully saturated rings. The van der Waals surface area contributed by atoms with Gasteiger partial charge >= 0.3 is 7.75 Å². The van der Waals surface area contributed by atoms with Gasteiger partial charge in [-0.3, -0.25) is 18.4 Å². The number of carbonyl (C=O) groups is 1. The highest BCUT2D eigenvalue weighted by molar-refractivity contribution is 7.51. The third-order valence-electron chi connectivity index (χ3n) is 6.80. The van der Waals surface area contributed by atoms with Crippen molar-refractivity contribution < 1.29 is 33.0 Å². The van der Waals surface area contributed by atoms with Gasteiger partial charge in [0.05, 0.1) is 38.3 Å². The van der Waals surface area contributed by atoms with Crippen molar-refractivity contribution in [1.82, 2.24) is 24.6 Å². The molecule has 1 saturated heterocycles. The molecule has 0 aliphatic carbocycles. The first-order chi connectivity index (χ1) is 19.4. The summed E-state index contributed by atoms with van der Waals surface area (Å²) in [4.78, 5) is 27.3. The molecule has 17 heteroatoms. The maximum atomic E-state index is 13.9. The van der Waals surface area contributed by atoms with E-state index in [4.69, 9.17) is 24.3 Å². The van der Waals surface area contributed by atoms with Crippen molar-refractivity contribution in [2.45, 2.75) is 63.8 Å². The molecule has 220 valence electrons. The minimum atomic E-state index is -4.16. The van der Waals surface area contributed by atoms with Gasteiger partial charge in [0.1, 0.15) is 17.4 Å². The number of nitrogens with two attached hydrogens (primary N) is 1. The second-order valence-corrected chi connectivity index (χ2v) is 11.4. The van der Waals surface area contributed by atoms with Crippen molar-refractivity contribution in [2.24, 2.45) is 5.11 Å². The molecule has 1 unspecified atom stereocenters. The Morgan fingerprint density at radius 1 is 1.37 bits per heavy atom. The number of methoxy groups -OCH3 is 1. The van der Waals surface area contributed by atoms with Gasteiger partial charge in [-0.1, -0.05) is 35.4 Å². The number of aliphatic hydroxyl groups excluding tert-OH is 1. The molecule has 1 aliphatic rings. The largest absolute Gasteiger partial charge is 0.479 e. The fourth-order valence-electron chi connectivity index (χ4n) is 4.39. The molecule has 0 saturated carbocycles. The number of carbonyl (C=O) groups excluding carboxylic acids is 1. The number of azide groups is 1. The number of fused-ring (bicyclic) bond motifs is 1. The summed E-state index contributed by atoms with van der Waals surface area (Å²) in [6.07, 6.45) is -3.06. The van der Waals surface area contributed by atoms with Crippen LogP contribution in [0.5, 0.6) is 5.88 Å². The van der Waals surface area contributed by atoms with E-state index in [1.54, 1.807) is 31.2 Å². The molecule has 1 aliphatic heterocycles. The Kier molecular flexibility index (Phi) is 8.94. The number of nitrogen functional groups attached to an aromatic ring is 1. The topological polar surface area (TPSA) is 222 Å². The van der Waals surface area contributed by atoms with Gasteiger partial charge in [-0.25, -0.2) is 14.6 Å². The molecule has 16 nitrogen and oxygen atoms in total. The standard InChI is InChI=1S/C24H32N9O7P/c1-13(14(2)34)30-41(36,40-15(3)16-9-7-6-8-10-16)38-11-17-19(35)24(4,31-32-26)22(39-17)33-12-27-18-20(33)28-23(25)29-21(18)37-5/h6-10,12-13,15,17,19,22,35H,11H2,1-5H3,(H,30,36)(H2,25,28,29)/t13-,15-,17+,19+,22+,24+,41?/m0/s1. The van der Waals surface area contributed by atoms with E-state index in [1.807, 2.05) is 6.07 Å². The molecular formula is C24H32N9O7P. The van der Waals surface area contributed by atoms with E-state index in [0.717, 1.165) is 5.56 Å². The lowest BCUT2D eigenvalue weighted by Crippen LogP contribution is -2.43. The number of anilines is 1. The molecule has 3 heterocycles. The molecule has 0 spiro atoms. The van der Waals surface area contributed by atoms with Gasteiger partial charge in [-0.15, -0.1) is 0 Å². The first kappa shape index (κ1) is 30.3. The summed E-state index contributed by atoms with van der Waals surface area (Å²) in [5.41, 5.74) is 14.8. The number of aromatic nitrogens is 4. The van der Waals surface area contributed by atoms with Gasteiger partial charge in [-0.2, -0.15) is 9.97 Å². The molecule has 0 amide bonds. The highest BCUT2D eigenvalue weighted by atomic mass is 31.2. The van der Waals surface area contributed by atoms with Gasteiger partial charge in [-0.05, 0) is 38.8 Å². The Bertz CT molecular complexity index is 1500. The maximum Gasteiger partial charge on any atom is 0.406 e. The van der Waals surface area contributed by atoms with Crippen LogP contribution in [0.15, 0.2) is 41.8 Å². The van der Waals surface area contributed by atoms with E-state index in [9.17, 15) is 20.0 Å². The summed E-state index contributed by atoms with van der Waals surface area (Å²) < 4.78 is 38.2. The van der Waals surface area contributed by atoms with Crippen LogP contribution in [0, 0.1) is 0 Å². The SMILES string of the molecule is COc1nc(N)nc2c1ncn2[C@@H]1O[C@H](COP(=O)(N[C@@H](C)C(C)=O)O[C@@H](C)c2ccccc2)[C@@H](O)[C@@]1(C)N=[N+]=[N-]. The Morgan fingerprint density at radius 2 is 2.07 bits per heavy atom. The molecular weight excluding hydrogens is 557 g/mol. The number of nitrogens with one attached hydrogen (secondary N) is 1. The van der Waals surface area contributed by atoms with Crippen LogP contribution in [0.2, 0.25) is 0 Å². The van der Waals surface area contributed by atoms with E-state index in [0.29, 0.717) is 0 Å². The average Bonchev–Trinajstić information content (AvgIpc) is 3.45. The third-order valence-corrected chi connectivity index (χ3v) is 8.59. The van der Waals surface area contributed by atoms with Crippen molar-refractivity contribution in [2.75, 3.05) is 19.5 Å². The van der Waals surface area contributed by atoms with Crippen LogP contribution in [0.3, 0.4) is 0 Å². The number of ether oxygens (including phenoxy) is 2. The molecule has 4 N–H and O–H groups in total. The summed E-state index contributed by atoms with van der Waals surface area (Å²) in [5.74, 6) is -0.274. The summed E-state index contributed by atoms with van der Waals surface area (Å²) in [6, 6.07) is 8.17.